The van der Waals surface area contributed by atoms with Gasteiger partial charge in [0.05, 0.1) is 12.2 Å². The first kappa shape index (κ1) is 17.3. The lowest BCUT2D eigenvalue weighted by atomic mass is 10.1. The van der Waals surface area contributed by atoms with Crippen molar-refractivity contribution >= 4 is 21.6 Å². The first-order chi connectivity index (χ1) is 9.13. The van der Waals surface area contributed by atoms with Crippen LogP contribution in [0.25, 0.3) is 0 Å². The van der Waals surface area contributed by atoms with Crippen LogP contribution in [0.3, 0.4) is 0 Å². The highest BCUT2D eigenvalue weighted by atomic mass is 35.5. The monoisotopic (exact) mass is 325 g/mol. The van der Waals surface area contributed by atoms with Gasteiger partial charge in [0.15, 0.2) is 0 Å². The molecule has 0 bridgehead atoms. The predicted octanol–water partition coefficient (Wildman–Crippen LogP) is 1.67. The van der Waals surface area contributed by atoms with E-state index in [1.165, 1.54) is 13.2 Å². The highest BCUT2D eigenvalue weighted by molar-refractivity contribution is 7.89. The highest BCUT2D eigenvalue weighted by Gasteiger charge is 2.25. The minimum absolute atomic E-state index is 0.0295. The number of methoxy groups -OCH3 is 1. The van der Waals surface area contributed by atoms with Gasteiger partial charge in [-0.1, -0.05) is 11.6 Å². The van der Waals surface area contributed by atoms with Crippen LogP contribution < -0.4 is 4.72 Å². The zero-order valence-electron chi connectivity index (χ0n) is 11.4. The fourth-order valence-electron chi connectivity index (χ4n) is 1.35. The van der Waals surface area contributed by atoms with E-state index in [2.05, 4.69) is 4.72 Å². The summed E-state index contributed by atoms with van der Waals surface area (Å²) in [4.78, 5) is -0.596. The van der Waals surface area contributed by atoms with Crippen molar-refractivity contribution in [3.05, 3.63) is 28.5 Å². The van der Waals surface area contributed by atoms with Crippen molar-refractivity contribution in [3.8, 4) is 0 Å². The number of sulfonamides is 1. The maximum Gasteiger partial charge on any atom is 0.243 e. The lowest BCUT2D eigenvalue weighted by Crippen LogP contribution is -2.40. The Labute approximate surface area is 122 Å². The molecular formula is C12H17ClFNO4S. The lowest BCUT2D eigenvalue weighted by Gasteiger charge is -2.23. The van der Waals surface area contributed by atoms with Crippen molar-refractivity contribution in [1.29, 1.82) is 0 Å². The Morgan fingerprint density at radius 1 is 1.45 bits per heavy atom. The van der Waals surface area contributed by atoms with Crippen molar-refractivity contribution in [2.75, 3.05) is 13.7 Å². The molecule has 0 radical (unpaired) electrons. The lowest BCUT2D eigenvalue weighted by molar-refractivity contribution is 0.0276. The molecule has 1 aromatic rings. The Kier molecular flexibility index (Phi) is 5.51. The van der Waals surface area contributed by atoms with Crippen LogP contribution in [-0.2, 0) is 21.4 Å². The van der Waals surface area contributed by atoms with Gasteiger partial charge in [-0.15, -0.1) is 0 Å². The van der Waals surface area contributed by atoms with E-state index in [-0.39, 0.29) is 17.1 Å². The molecule has 0 aliphatic heterocycles. The van der Waals surface area contributed by atoms with Gasteiger partial charge in [0, 0.05) is 24.2 Å². The minimum atomic E-state index is -4.09. The fourth-order valence-corrected chi connectivity index (χ4v) is 3.00. The minimum Gasteiger partial charge on any atom is -0.392 e. The van der Waals surface area contributed by atoms with Gasteiger partial charge < -0.3 is 9.84 Å². The number of ether oxygens (including phenoxy) is 1. The SMILES string of the molecule is COC(C)(C)CNS(=O)(=O)c1cc(Cl)cc(CO)c1F. The van der Waals surface area contributed by atoms with Crippen LogP contribution in [0.15, 0.2) is 17.0 Å². The first-order valence-electron chi connectivity index (χ1n) is 5.76. The number of rotatable bonds is 6. The molecule has 0 heterocycles. The van der Waals surface area contributed by atoms with Crippen LogP contribution in [0.1, 0.15) is 19.4 Å². The maximum absolute atomic E-state index is 14.0. The van der Waals surface area contributed by atoms with Gasteiger partial charge >= 0.3 is 0 Å². The number of halogens is 2. The Balaban J connectivity index is 3.13. The summed E-state index contributed by atoms with van der Waals surface area (Å²) < 4.78 is 45.5. The Morgan fingerprint density at radius 2 is 2.05 bits per heavy atom. The second-order valence-corrected chi connectivity index (χ2v) is 7.00. The van der Waals surface area contributed by atoms with Crippen molar-refractivity contribution in [1.82, 2.24) is 4.72 Å². The topological polar surface area (TPSA) is 75.6 Å². The molecular weight excluding hydrogens is 309 g/mol. The molecule has 2 N–H and O–H groups in total. The third-order valence-corrected chi connectivity index (χ3v) is 4.40. The summed E-state index contributed by atoms with van der Waals surface area (Å²) in [7, 11) is -2.65. The van der Waals surface area contributed by atoms with E-state index >= 15 is 0 Å². The molecule has 8 heteroatoms. The molecule has 0 fully saturated rings. The molecule has 1 rings (SSSR count). The Hall–Kier alpha value is -0.730. The summed E-state index contributed by atoms with van der Waals surface area (Å²) in [5, 5.41) is 9.03. The second kappa shape index (κ2) is 6.36. The van der Waals surface area contributed by atoms with Crippen LogP contribution in [0.4, 0.5) is 4.39 Å². The summed E-state index contributed by atoms with van der Waals surface area (Å²) in [5.41, 5.74) is -0.911. The van der Waals surface area contributed by atoms with Crippen molar-refractivity contribution in [2.45, 2.75) is 31.0 Å². The average Bonchev–Trinajstić information content (AvgIpc) is 2.39. The maximum atomic E-state index is 14.0. The van der Waals surface area contributed by atoms with Gasteiger partial charge in [-0.25, -0.2) is 17.5 Å². The van der Waals surface area contributed by atoms with Gasteiger partial charge in [0.2, 0.25) is 10.0 Å². The normalized spacial score (nSPS) is 12.7. The molecule has 0 atom stereocenters. The second-order valence-electron chi connectivity index (χ2n) is 4.82. The predicted molar refractivity (Wildman–Crippen MR) is 73.6 cm³/mol. The van der Waals surface area contributed by atoms with E-state index in [1.54, 1.807) is 13.8 Å². The molecule has 0 unspecified atom stereocenters. The number of hydrogen-bond donors (Lipinski definition) is 2. The van der Waals surface area contributed by atoms with Gasteiger partial charge in [0.25, 0.3) is 0 Å². The number of aliphatic hydroxyl groups is 1. The smallest absolute Gasteiger partial charge is 0.243 e. The van der Waals surface area contributed by atoms with E-state index in [1.807, 2.05) is 0 Å². The van der Waals surface area contributed by atoms with Crippen molar-refractivity contribution in [3.63, 3.8) is 0 Å². The van der Waals surface area contributed by atoms with Gasteiger partial charge in [-0.3, -0.25) is 0 Å². The van der Waals surface area contributed by atoms with Crippen molar-refractivity contribution in [2.24, 2.45) is 0 Å². The van der Waals surface area contributed by atoms with Gasteiger partial charge in [0.1, 0.15) is 10.7 Å². The van der Waals surface area contributed by atoms with Crippen LogP contribution in [0.2, 0.25) is 5.02 Å². The summed E-state index contributed by atoms with van der Waals surface area (Å²) in [5.74, 6) is -1.01. The number of nitrogens with one attached hydrogen (secondary N) is 1. The van der Waals surface area contributed by atoms with Crippen LogP contribution in [0, 0.1) is 5.82 Å². The number of hydrogen-bond acceptors (Lipinski definition) is 4. The third kappa shape index (κ3) is 4.13. The molecule has 0 spiro atoms. The molecule has 20 heavy (non-hydrogen) atoms. The summed E-state index contributed by atoms with van der Waals surface area (Å²) >= 11 is 5.73. The van der Waals surface area contributed by atoms with E-state index in [0.717, 1.165) is 6.07 Å². The van der Waals surface area contributed by atoms with Crippen LogP contribution >= 0.6 is 11.6 Å². The first-order valence-corrected chi connectivity index (χ1v) is 7.62. The molecule has 5 nitrogen and oxygen atoms in total. The van der Waals surface area contributed by atoms with E-state index < -0.39 is 32.9 Å². The van der Waals surface area contributed by atoms with E-state index in [9.17, 15) is 12.8 Å². The van der Waals surface area contributed by atoms with E-state index in [0.29, 0.717) is 0 Å². The summed E-state index contributed by atoms with van der Waals surface area (Å²) in [6, 6.07) is 2.17. The van der Waals surface area contributed by atoms with Gasteiger partial charge in [-0.2, -0.15) is 0 Å². The molecule has 0 saturated carbocycles. The standard InChI is InChI=1S/C12H17ClFNO4S/c1-12(2,19-3)7-15-20(17,18)10-5-9(13)4-8(6-16)11(10)14/h4-5,15-16H,6-7H2,1-3H3. The highest BCUT2D eigenvalue weighted by Crippen LogP contribution is 2.24. The van der Waals surface area contributed by atoms with Gasteiger partial charge in [-0.05, 0) is 26.0 Å². The third-order valence-electron chi connectivity index (χ3n) is 2.78. The molecule has 1 aromatic carbocycles. The van der Waals surface area contributed by atoms with E-state index in [4.69, 9.17) is 21.4 Å². The average molecular weight is 326 g/mol. The quantitative estimate of drug-likeness (QED) is 0.834. The zero-order chi connectivity index (χ0) is 15.6. The molecule has 0 aliphatic rings. The summed E-state index contributed by atoms with van der Waals surface area (Å²) in [6.45, 7) is 2.69. The molecule has 0 aromatic heterocycles. The van der Waals surface area contributed by atoms with Crippen molar-refractivity contribution < 1.29 is 22.7 Å². The molecule has 0 aliphatic carbocycles. The largest absolute Gasteiger partial charge is 0.392 e. The molecule has 114 valence electrons. The molecule has 0 amide bonds. The van der Waals surface area contributed by atoms with Crippen LogP contribution in [-0.4, -0.2) is 32.8 Å². The Morgan fingerprint density at radius 3 is 2.55 bits per heavy atom. The fraction of sp³-hybridized carbons (Fsp3) is 0.500. The Bertz CT molecular complexity index is 589. The molecule has 0 saturated heterocycles. The zero-order valence-corrected chi connectivity index (χ0v) is 13.0. The summed E-state index contributed by atoms with van der Waals surface area (Å²) in [6.07, 6.45) is 0. The number of aliphatic hydroxyl groups excluding tert-OH is 1. The number of benzene rings is 1. The van der Waals surface area contributed by atoms with Crippen LogP contribution in [0.5, 0.6) is 0 Å².